The Bertz CT molecular complexity index is 642. The highest BCUT2D eigenvalue weighted by atomic mass is 32.3. The third-order valence-corrected chi connectivity index (χ3v) is 3.40. The molecule has 0 bridgehead atoms. The van der Waals surface area contributed by atoms with Crippen LogP contribution in [-0.2, 0) is 24.3 Å². The molecular weight excluding hydrogens is 372 g/mol. The van der Waals surface area contributed by atoms with Gasteiger partial charge in [-0.05, 0) is 6.92 Å². The zero-order valence-corrected chi connectivity index (χ0v) is 13.7. The summed E-state index contributed by atoms with van der Waals surface area (Å²) in [5, 5.41) is 0. The fourth-order valence-electron chi connectivity index (χ4n) is 1.88. The van der Waals surface area contributed by atoms with Gasteiger partial charge in [0.15, 0.2) is 0 Å². The quantitative estimate of drug-likeness (QED) is 0.271. The molecule has 25 heavy (non-hydrogen) atoms. The zero-order chi connectivity index (χ0) is 19.4. The average molecular weight is 389 g/mol. The Labute approximate surface area is 140 Å². The molecule has 144 valence electrons. The number of halogens is 2. The van der Waals surface area contributed by atoms with Crippen molar-refractivity contribution in [1.29, 1.82) is 0 Å². The van der Waals surface area contributed by atoms with Gasteiger partial charge in [0.2, 0.25) is 0 Å². The SMILES string of the molecule is CC(N)C(=O)NNC(=O)[C@@H]1CC(F)(F)CCN1C(=O)NOS(=O)(=O)O. The summed E-state index contributed by atoms with van der Waals surface area (Å²) >= 11 is 0. The minimum Gasteiger partial charge on any atom is -0.320 e. The summed E-state index contributed by atoms with van der Waals surface area (Å²) in [5.74, 6) is -5.23. The highest BCUT2D eigenvalue weighted by Crippen LogP contribution is 2.31. The van der Waals surface area contributed by atoms with Gasteiger partial charge >= 0.3 is 16.4 Å². The number of likely N-dealkylation sites (tertiary alicyclic amines) is 1. The lowest BCUT2D eigenvalue weighted by atomic mass is 9.98. The van der Waals surface area contributed by atoms with E-state index in [4.69, 9.17) is 10.3 Å². The fourth-order valence-corrected chi connectivity index (χ4v) is 2.06. The number of nitrogens with two attached hydrogens (primary N) is 1. The molecule has 2 atom stereocenters. The topological polar surface area (TPSA) is 180 Å². The Kier molecular flexibility index (Phi) is 6.58. The molecule has 0 aromatic heterocycles. The van der Waals surface area contributed by atoms with Gasteiger partial charge in [0, 0.05) is 19.4 Å². The maximum absolute atomic E-state index is 13.5. The smallest absolute Gasteiger partial charge is 0.320 e. The van der Waals surface area contributed by atoms with Gasteiger partial charge in [-0.2, -0.15) is 13.9 Å². The molecule has 1 heterocycles. The van der Waals surface area contributed by atoms with Crippen LogP contribution in [-0.4, -0.2) is 60.3 Å². The number of amides is 4. The number of carbonyl (C=O) groups excluding carboxylic acids is 3. The Hall–Kier alpha value is -2.10. The largest absolute Gasteiger partial charge is 0.418 e. The Balaban J connectivity index is 2.82. The van der Waals surface area contributed by atoms with Crippen LogP contribution in [0.3, 0.4) is 0 Å². The lowest BCUT2D eigenvalue weighted by Gasteiger charge is -2.37. The number of alkyl halides is 2. The normalized spacial score (nSPS) is 21.2. The zero-order valence-electron chi connectivity index (χ0n) is 12.9. The van der Waals surface area contributed by atoms with E-state index in [9.17, 15) is 31.6 Å². The van der Waals surface area contributed by atoms with E-state index in [2.05, 4.69) is 4.28 Å². The summed E-state index contributed by atoms with van der Waals surface area (Å²) in [6, 6.07) is -4.09. The number of hydrogen-bond acceptors (Lipinski definition) is 7. The summed E-state index contributed by atoms with van der Waals surface area (Å²) in [7, 11) is -5.03. The van der Waals surface area contributed by atoms with Crippen molar-refractivity contribution in [3.63, 3.8) is 0 Å². The van der Waals surface area contributed by atoms with E-state index in [0.717, 1.165) is 0 Å². The molecule has 1 aliphatic heterocycles. The number of nitrogens with one attached hydrogen (secondary N) is 3. The second-order valence-corrected chi connectivity index (χ2v) is 6.23. The van der Waals surface area contributed by atoms with E-state index in [0.29, 0.717) is 4.90 Å². The van der Waals surface area contributed by atoms with Crippen molar-refractivity contribution in [3.8, 4) is 0 Å². The molecule has 0 aromatic rings. The molecule has 15 heteroatoms. The fraction of sp³-hybridized carbons (Fsp3) is 0.700. The molecule has 0 radical (unpaired) electrons. The third kappa shape index (κ3) is 6.73. The number of hydrogen-bond donors (Lipinski definition) is 5. The first kappa shape index (κ1) is 20.9. The van der Waals surface area contributed by atoms with Crippen molar-refractivity contribution in [2.24, 2.45) is 5.73 Å². The van der Waals surface area contributed by atoms with Gasteiger partial charge in [0.25, 0.3) is 17.7 Å². The molecule has 1 fully saturated rings. The number of hydroxylamine groups is 1. The maximum atomic E-state index is 13.5. The van der Waals surface area contributed by atoms with Crippen molar-refractivity contribution in [2.75, 3.05) is 6.54 Å². The van der Waals surface area contributed by atoms with Crippen molar-refractivity contribution < 1.29 is 40.4 Å². The number of urea groups is 1. The molecule has 0 aromatic carbocycles. The van der Waals surface area contributed by atoms with Crippen LogP contribution in [0, 0.1) is 0 Å². The molecule has 0 spiro atoms. The molecule has 1 saturated heterocycles. The molecular formula is C10H17F2N5O7S. The Morgan fingerprint density at radius 1 is 1.36 bits per heavy atom. The first-order chi connectivity index (χ1) is 11.3. The second kappa shape index (κ2) is 7.85. The van der Waals surface area contributed by atoms with E-state index in [1.807, 2.05) is 10.9 Å². The van der Waals surface area contributed by atoms with Gasteiger partial charge < -0.3 is 10.6 Å². The lowest BCUT2D eigenvalue weighted by Crippen LogP contribution is -2.61. The van der Waals surface area contributed by atoms with Crippen LogP contribution >= 0.6 is 0 Å². The van der Waals surface area contributed by atoms with E-state index >= 15 is 0 Å². The number of nitrogens with zero attached hydrogens (tertiary/aromatic N) is 1. The third-order valence-electron chi connectivity index (χ3n) is 3.11. The first-order valence-electron chi connectivity index (χ1n) is 6.78. The molecule has 1 aliphatic rings. The summed E-state index contributed by atoms with van der Waals surface area (Å²) in [6.07, 6.45) is -1.87. The number of hydrazine groups is 1. The van der Waals surface area contributed by atoms with E-state index in [1.165, 1.54) is 12.4 Å². The van der Waals surface area contributed by atoms with Crippen molar-refractivity contribution in [1.82, 2.24) is 21.2 Å². The van der Waals surface area contributed by atoms with Crippen LogP contribution in [0.5, 0.6) is 0 Å². The lowest BCUT2D eigenvalue weighted by molar-refractivity contribution is -0.138. The molecule has 12 nitrogen and oxygen atoms in total. The van der Waals surface area contributed by atoms with Gasteiger partial charge in [0.1, 0.15) is 6.04 Å². The number of carbonyl (C=O) groups is 3. The van der Waals surface area contributed by atoms with Crippen molar-refractivity contribution in [2.45, 2.75) is 37.8 Å². The van der Waals surface area contributed by atoms with Gasteiger partial charge in [-0.25, -0.2) is 13.6 Å². The number of piperidine rings is 1. The number of rotatable bonds is 4. The van der Waals surface area contributed by atoms with Crippen molar-refractivity contribution in [3.05, 3.63) is 0 Å². The summed E-state index contributed by atoms with van der Waals surface area (Å²) in [5.41, 5.74) is 10.3. The first-order valence-corrected chi connectivity index (χ1v) is 8.14. The van der Waals surface area contributed by atoms with Crippen LogP contribution < -0.4 is 22.1 Å². The van der Waals surface area contributed by atoms with Crippen LogP contribution in [0.1, 0.15) is 19.8 Å². The molecule has 4 amide bonds. The van der Waals surface area contributed by atoms with Crippen LogP contribution in [0.2, 0.25) is 0 Å². The van der Waals surface area contributed by atoms with Gasteiger partial charge in [-0.15, -0.1) is 4.28 Å². The maximum Gasteiger partial charge on any atom is 0.418 e. The summed E-state index contributed by atoms with van der Waals surface area (Å²) < 4.78 is 59.9. The standard InChI is InChI=1S/C10H17F2N5O7S/c1-5(13)7(18)14-15-8(19)6-4-10(11,12)2-3-17(6)9(20)16-24-25(21,22)23/h5-6H,2-4,13H2,1H3,(H,14,18)(H,15,19)(H,16,20)(H,21,22,23)/t5?,6-/m0/s1. The monoisotopic (exact) mass is 389 g/mol. The molecule has 0 saturated carbocycles. The molecule has 1 unspecified atom stereocenters. The second-order valence-electron chi connectivity index (χ2n) is 5.20. The van der Waals surface area contributed by atoms with Crippen LogP contribution in [0.15, 0.2) is 0 Å². The van der Waals surface area contributed by atoms with Gasteiger partial charge in [-0.1, -0.05) is 0 Å². The van der Waals surface area contributed by atoms with Gasteiger partial charge in [0.05, 0.1) is 6.04 Å². The predicted octanol–water partition coefficient (Wildman–Crippen LogP) is -1.98. The Morgan fingerprint density at radius 3 is 2.48 bits per heavy atom. The minimum atomic E-state index is -5.03. The van der Waals surface area contributed by atoms with E-state index in [-0.39, 0.29) is 0 Å². The van der Waals surface area contributed by atoms with Crippen LogP contribution in [0.25, 0.3) is 0 Å². The highest BCUT2D eigenvalue weighted by molar-refractivity contribution is 7.80. The van der Waals surface area contributed by atoms with Crippen LogP contribution in [0.4, 0.5) is 13.6 Å². The molecule has 6 N–H and O–H groups in total. The average Bonchev–Trinajstić information content (AvgIpc) is 2.48. The van der Waals surface area contributed by atoms with Crippen molar-refractivity contribution >= 4 is 28.2 Å². The minimum absolute atomic E-state index is 0.565. The van der Waals surface area contributed by atoms with Gasteiger partial charge in [-0.3, -0.25) is 25.0 Å². The van der Waals surface area contributed by atoms with E-state index in [1.54, 1.807) is 0 Å². The Morgan fingerprint density at radius 2 is 1.96 bits per heavy atom. The summed E-state index contributed by atoms with van der Waals surface area (Å²) in [4.78, 5) is 35.6. The highest BCUT2D eigenvalue weighted by Gasteiger charge is 2.45. The molecule has 1 rings (SSSR count). The van der Waals surface area contributed by atoms with E-state index < -0.39 is 65.6 Å². The predicted molar refractivity (Wildman–Crippen MR) is 75.8 cm³/mol. The summed E-state index contributed by atoms with van der Waals surface area (Å²) in [6.45, 7) is 0.690. The molecule has 0 aliphatic carbocycles.